The van der Waals surface area contributed by atoms with Crippen LogP contribution in [0.4, 0.5) is 4.79 Å². The van der Waals surface area contributed by atoms with Crippen molar-refractivity contribution < 1.29 is 28.7 Å². The van der Waals surface area contributed by atoms with Crippen LogP contribution in [-0.4, -0.2) is 16.4 Å². The quantitative estimate of drug-likeness (QED) is 0.237. The van der Waals surface area contributed by atoms with E-state index in [-0.39, 0.29) is 0 Å². The van der Waals surface area contributed by atoms with Crippen LogP contribution in [0.15, 0.2) is 0 Å². The molecule has 0 aliphatic rings. The predicted molar refractivity (Wildman–Crippen MR) is 27.4 cm³/mol. The van der Waals surface area contributed by atoms with Crippen molar-refractivity contribution in [3.8, 4) is 0 Å². The Labute approximate surface area is 54.7 Å². The number of nitrogens with two attached hydrogens (primary N) is 4. The first-order valence-corrected chi connectivity index (χ1v) is 3.52. The van der Waals surface area contributed by atoms with Crippen molar-refractivity contribution in [2.24, 2.45) is 19.0 Å². The zero-order valence-electron chi connectivity index (χ0n) is 4.41. The van der Waals surface area contributed by atoms with Crippen LogP contribution in [0.3, 0.4) is 0 Å². The molecule has 0 heterocycles. The van der Waals surface area contributed by atoms with E-state index < -0.39 is 19.9 Å². The van der Waals surface area contributed by atoms with E-state index in [1.807, 2.05) is 0 Å². The second kappa shape index (κ2) is 4.50. The van der Waals surface area contributed by atoms with Crippen LogP contribution in [-0.2, 0) is 13.7 Å². The summed E-state index contributed by atoms with van der Waals surface area (Å²) in [7, 11) is 0. The number of hydrogen-bond donors (Lipinski definition) is 6. The molecule has 0 aromatic rings. The average molecular weight is 190 g/mol. The van der Waals surface area contributed by atoms with Gasteiger partial charge in [-0.25, -0.2) is 4.79 Å². The molecule has 0 bridgehead atoms. The normalized spacial score (nSPS) is 11.1. The zero-order valence-corrected chi connectivity index (χ0v) is 5.36. The molecule has 0 aromatic carbocycles. The predicted octanol–water partition coefficient (Wildman–Crippen LogP) is -2.14. The van der Waals surface area contributed by atoms with Crippen molar-refractivity contribution in [3.63, 3.8) is 0 Å². The van der Waals surface area contributed by atoms with Gasteiger partial charge in [-0.15, -0.1) is 0 Å². The van der Waals surface area contributed by atoms with E-state index in [0.29, 0.717) is 0 Å². The summed E-state index contributed by atoms with van der Waals surface area (Å²) in [5, 5.41) is 13.9. The first kappa shape index (κ1) is 11.4. The molecule has 0 rings (SSSR count). The Hall–Kier alpha value is -0.371. The fourth-order valence-corrected chi connectivity index (χ4v) is 0. The van der Waals surface area contributed by atoms with Crippen molar-refractivity contribution in [1.29, 1.82) is 0 Å². The summed E-state index contributed by atoms with van der Waals surface area (Å²) in [4.78, 5) is 8.56. The molecule has 10 N–H and O–H groups in total. The number of hydrogen-bond acceptors (Lipinski definition) is 5. The second-order valence-corrected chi connectivity index (χ2v) is 2.77. The van der Waals surface area contributed by atoms with E-state index in [1.165, 1.54) is 0 Å². The number of rotatable bonds is 0. The van der Waals surface area contributed by atoms with Gasteiger partial charge in [-0.1, -0.05) is 0 Å². The van der Waals surface area contributed by atoms with E-state index in [2.05, 4.69) is 0 Å². The molecule has 0 aromatic heterocycles. The van der Waals surface area contributed by atoms with E-state index in [0.717, 1.165) is 0 Å². The van der Waals surface area contributed by atoms with Crippen LogP contribution in [0.1, 0.15) is 0 Å². The summed E-state index contributed by atoms with van der Waals surface area (Å²) < 4.78 is 19.1. The van der Waals surface area contributed by atoms with Gasteiger partial charge >= 0.3 is 38.9 Å². The van der Waals surface area contributed by atoms with Crippen molar-refractivity contribution >= 4 is 6.16 Å². The maximum absolute atomic E-state index is 8.56. The van der Waals surface area contributed by atoms with Crippen LogP contribution in [0.5, 0.6) is 0 Å². The number of carbonyl (C=O) groups is 1. The van der Waals surface area contributed by atoms with Crippen LogP contribution >= 0.6 is 0 Å². The Morgan fingerprint density at radius 2 is 1.11 bits per heavy atom. The standard InChI is InChI=1S/CH2O3.Cu.4H2N/c2-1(3)4;;;;;/h(H2,2,3,4);;4*1H2/q;+4;4*-1. The topological polar surface area (TPSA) is 162 Å². The Morgan fingerprint density at radius 3 is 1.11 bits per heavy atom. The van der Waals surface area contributed by atoms with Gasteiger partial charge in [0.1, 0.15) is 0 Å². The Bertz CT molecular complexity index is 78.3. The van der Waals surface area contributed by atoms with Crippen molar-refractivity contribution in [1.82, 2.24) is 0 Å². The first-order chi connectivity index (χ1) is 3.73. The van der Waals surface area contributed by atoms with Gasteiger partial charge in [-0.2, -0.15) is 0 Å². The molecular weight excluding hydrogens is 180 g/mol. The minimum absolute atomic E-state index is 1.83. The zero-order chi connectivity index (χ0) is 8.08. The maximum atomic E-state index is 8.56. The van der Waals surface area contributed by atoms with Crippen LogP contribution < -0.4 is 19.0 Å². The fraction of sp³-hybridized carbons (Fsp3) is 0. The molecular formula is CH10CuN4O3. The summed E-state index contributed by atoms with van der Waals surface area (Å²) in [5.41, 5.74) is 0. The summed E-state index contributed by atoms with van der Waals surface area (Å²) in [6, 6.07) is 0. The van der Waals surface area contributed by atoms with Gasteiger partial charge < -0.3 is 10.2 Å². The second-order valence-electron chi connectivity index (χ2n) is 0.886. The Balaban J connectivity index is 0. The summed E-state index contributed by atoms with van der Waals surface area (Å²) in [6.45, 7) is 0. The van der Waals surface area contributed by atoms with Crippen LogP contribution in [0, 0.1) is 0 Å². The molecule has 0 saturated heterocycles. The minimum atomic E-state index is -2.12. The van der Waals surface area contributed by atoms with E-state index in [4.69, 9.17) is 34.0 Å². The third-order valence-electron chi connectivity index (χ3n) is 0. The average Bonchev–Trinajstić information content (AvgIpc) is 1.19. The Kier molecular flexibility index (Phi) is 5.72. The van der Waals surface area contributed by atoms with Gasteiger partial charge in [0.2, 0.25) is 0 Å². The Morgan fingerprint density at radius 1 is 1.11 bits per heavy atom. The first-order valence-electron chi connectivity index (χ1n) is 1.35. The van der Waals surface area contributed by atoms with Gasteiger partial charge in [-0.05, 0) is 0 Å². The molecule has 0 atom stereocenters. The third kappa shape index (κ3) is 1760. The summed E-state index contributed by atoms with van der Waals surface area (Å²) >= 11 is -2.12. The molecule has 0 radical (unpaired) electrons. The molecule has 0 unspecified atom stereocenters. The summed E-state index contributed by atoms with van der Waals surface area (Å²) in [6.07, 6.45) is -1.83. The molecule has 0 aliphatic carbocycles. The van der Waals surface area contributed by atoms with Crippen molar-refractivity contribution in [2.45, 2.75) is 0 Å². The molecule has 63 valence electrons. The van der Waals surface area contributed by atoms with Crippen LogP contribution in [0.2, 0.25) is 0 Å². The van der Waals surface area contributed by atoms with Gasteiger partial charge in [0.25, 0.3) is 0 Å². The van der Waals surface area contributed by atoms with Crippen molar-refractivity contribution in [3.05, 3.63) is 0 Å². The molecule has 0 saturated carbocycles. The summed E-state index contributed by atoms with van der Waals surface area (Å²) in [5.74, 6) is 0. The van der Waals surface area contributed by atoms with Crippen LogP contribution in [0.25, 0.3) is 0 Å². The van der Waals surface area contributed by atoms with Gasteiger partial charge in [0.05, 0.1) is 0 Å². The van der Waals surface area contributed by atoms with E-state index >= 15 is 0 Å². The molecule has 8 heteroatoms. The molecule has 0 aliphatic heterocycles. The molecule has 7 nitrogen and oxygen atoms in total. The molecule has 9 heavy (non-hydrogen) atoms. The van der Waals surface area contributed by atoms with Crippen molar-refractivity contribution in [2.75, 3.05) is 0 Å². The van der Waals surface area contributed by atoms with Gasteiger partial charge in [0, 0.05) is 0 Å². The van der Waals surface area contributed by atoms with Gasteiger partial charge in [0.15, 0.2) is 0 Å². The van der Waals surface area contributed by atoms with Gasteiger partial charge in [-0.3, -0.25) is 0 Å². The molecule has 0 amide bonds. The van der Waals surface area contributed by atoms with E-state index in [1.54, 1.807) is 0 Å². The third-order valence-corrected chi connectivity index (χ3v) is 0. The molecule has 0 spiro atoms. The van der Waals surface area contributed by atoms with E-state index in [9.17, 15) is 0 Å². The fourth-order valence-electron chi connectivity index (χ4n) is 0. The monoisotopic (exact) mass is 189 g/mol. The molecule has 0 fully saturated rings. The number of carboxylic acid groups (broad SMARTS) is 2. The SMILES string of the molecule is O=C(O)O.[NH2][Cu]([NH2])([NH2])[NH2].